The average Bonchev–Trinajstić information content (AvgIpc) is 3.39. The third-order valence-corrected chi connectivity index (χ3v) is 7.35. The van der Waals surface area contributed by atoms with Gasteiger partial charge in [0.25, 0.3) is 0 Å². The molecule has 1 aliphatic carbocycles. The molecule has 1 aromatic carbocycles. The second kappa shape index (κ2) is 9.00. The summed E-state index contributed by atoms with van der Waals surface area (Å²) in [6.07, 6.45) is 7.94. The van der Waals surface area contributed by atoms with Gasteiger partial charge in [-0.1, -0.05) is 11.6 Å². The SMILES string of the molecule is Cn1c(=O)n(C2CCC(OC3CCCCO3)CC2)c2nc(-n3cnc4ccc(F)cc43)nc(Cl)c21. The van der Waals surface area contributed by atoms with E-state index in [9.17, 15) is 9.18 Å². The van der Waals surface area contributed by atoms with Crippen LogP contribution < -0.4 is 5.69 Å². The highest BCUT2D eigenvalue weighted by molar-refractivity contribution is 6.33. The van der Waals surface area contributed by atoms with Crippen LogP contribution in [0.25, 0.3) is 28.1 Å². The molecule has 35 heavy (non-hydrogen) atoms. The second-order valence-electron chi connectivity index (χ2n) is 9.31. The van der Waals surface area contributed by atoms with Crippen molar-refractivity contribution in [3.63, 3.8) is 0 Å². The maximum atomic E-state index is 13.9. The first-order valence-electron chi connectivity index (χ1n) is 12.0. The molecule has 0 amide bonds. The van der Waals surface area contributed by atoms with Crippen LogP contribution in [0.3, 0.4) is 0 Å². The number of hydrogen-bond donors (Lipinski definition) is 0. The molecule has 4 heterocycles. The van der Waals surface area contributed by atoms with E-state index in [4.69, 9.17) is 26.1 Å². The van der Waals surface area contributed by atoms with Gasteiger partial charge in [-0.2, -0.15) is 9.97 Å². The van der Waals surface area contributed by atoms with Gasteiger partial charge in [-0.25, -0.2) is 14.2 Å². The maximum Gasteiger partial charge on any atom is 0.330 e. The van der Waals surface area contributed by atoms with Gasteiger partial charge in [-0.15, -0.1) is 0 Å². The second-order valence-corrected chi connectivity index (χ2v) is 9.67. The van der Waals surface area contributed by atoms with Gasteiger partial charge in [0.05, 0.1) is 17.1 Å². The van der Waals surface area contributed by atoms with Crippen LogP contribution in [-0.4, -0.2) is 47.7 Å². The van der Waals surface area contributed by atoms with Crippen LogP contribution in [0.4, 0.5) is 4.39 Å². The van der Waals surface area contributed by atoms with Crippen molar-refractivity contribution in [1.29, 1.82) is 0 Å². The van der Waals surface area contributed by atoms with Gasteiger partial charge >= 0.3 is 5.69 Å². The fourth-order valence-electron chi connectivity index (χ4n) is 5.26. The molecule has 2 aliphatic rings. The molecule has 184 valence electrons. The van der Waals surface area contributed by atoms with Crippen molar-refractivity contribution in [1.82, 2.24) is 28.7 Å². The summed E-state index contributed by atoms with van der Waals surface area (Å²) in [4.78, 5) is 26.7. The Kier molecular flexibility index (Phi) is 5.82. The Morgan fingerprint density at radius 1 is 1.14 bits per heavy atom. The summed E-state index contributed by atoms with van der Waals surface area (Å²) < 4.78 is 30.6. The van der Waals surface area contributed by atoms with E-state index >= 15 is 0 Å². The topological polar surface area (TPSA) is 89.0 Å². The normalized spacial score (nSPS) is 23.3. The van der Waals surface area contributed by atoms with Crippen molar-refractivity contribution >= 4 is 33.8 Å². The number of halogens is 2. The van der Waals surface area contributed by atoms with Gasteiger partial charge in [0.1, 0.15) is 17.7 Å². The third kappa shape index (κ3) is 4.03. The van der Waals surface area contributed by atoms with Crippen molar-refractivity contribution in [2.75, 3.05) is 6.61 Å². The van der Waals surface area contributed by atoms with Gasteiger partial charge in [-0.05, 0) is 57.1 Å². The number of fused-ring (bicyclic) bond motifs is 2. The van der Waals surface area contributed by atoms with E-state index in [1.54, 1.807) is 22.2 Å². The quantitative estimate of drug-likeness (QED) is 0.388. The summed E-state index contributed by atoms with van der Waals surface area (Å²) in [5, 5.41) is 0.160. The molecule has 11 heteroatoms. The van der Waals surface area contributed by atoms with E-state index in [0.29, 0.717) is 22.2 Å². The van der Waals surface area contributed by atoms with Crippen LogP contribution in [-0.2, 0) is 16.5 Å². The molecule has 2 fully saturated rings. The molecule has 1 unspecified atom stereocenters. The van der Waals surface area contributed by atoms with Crippen LogP contribution in [0, 0.1) is 5.82 Å². The maximum absolute atomic E-state index is 13.9. The Hall–Kier alpha value is -2.82. The van der Waals surface area contributed by atoms with Crippen LogP contribution in [0.2, 0.25) is 5.15 Å². The van der Waals surface area contributed by atoms with Gasteiger partial charge in [0, 0.05) is 25.8 Å². The number of benzene rings is 1. The monoisotopic (exact) mass is 500 g/mol. The van der Waals surface area contributed by atoms with Crippen LogP contribution in [0.15, 0.2) is 29.3 Å². The van der Waals surface area contributed by atoms with E-state index in [2.05, 4.69) is 9.97 Å². The lowest BCUT2D eigenvalue weighted by Gasteiger charge is -2.33. The van der Waals surface area contributed by atoms with Crippen molar-refractivity contribution in [3.8, 4) is 5.95 Å². The molecule has 1 aliphatic heterocycles. The molecule has 3 aromatic heterocycles. The molecule has 9 nitrogen and oxygen atoms in total. The van der Waals surface area contributed by atoms with E-state index in [0.717, 1.165) is 51.6 Å². The Morgan fingerprint density at radius 3 is 2.74 bits per heavy atom. The molecular formula is C24H26ClFN6O3. The highest BCUT2D eigenvalue weighted by Gasteiger charge is 2.30. The predicted octanol–water partition coefficient (Wildman–Crippen LogP) is 4.29. The number of aromatic nitrogens is 6. The first kappa shape index (κ1) is 22.6. The van der Waals surface area contributed by atoms with Crippen LogP contribution >= 0.6 is 11.6 Å². The molecule has 4 aromatic rings. The molecule has 0 spiro atoms. The molecule has 0 radical (unpaired) electrons. The largest absolute Gasteiger partial charge is 0.353 e. The molecule has 1 saturated heterocycles. The Balaban J connectivity index is 1.34. The fourth-order valence-corrected chi connectivity index (χ4v) is 5.55. The van der Waals surface area contributed by atoms with Crippen molar-refractivity contribution in [2.45, 2.75) is 63.4 Å². The third-order valence-electron chi connectivity index (χ3n) is 7.08. The zero-order valence-electron chi connectivity index (χ0n) is 19.4. The van der Waals surface area contributed by atoms with E-state index in [1.807, 2.05) is 0 Å². The fraction of sp³-hybridized carbons (Fsp3) is 0.500. The number of imidazole rings is 2. The number of nitrogens with zero attached hydrogens (tertiary/aromatic N) is 6. The summed E-state index contributed by atoms with van der Waals surface area (Å²) in [5.41, 5.74) is 1.88. The van der Waals surface area contributed by atoms with Crippen molar-refractivity contribution in [2.24, 2.45) is 7.05 Å². The van der Waals surface area contributed by atoms with E-state index in [-0.39, 0.29) is 41.0 Å². The lowest BCUT2D eigenvalue weighted by atomic mass is 9.92. The van der Waals surface area contributed by atoms with Crippen LogP contribution in [0.5, 0.6) is 0 Å². The molecule has 1 saturated carbocycles. The lowest BCUT2D eigenvalue weighted by Crippen LogP contribution is -2.33. The Bertz CT molecular complexity index is 1450. The lowest BCUT2D eigenvalue weighted by molar-refractivity contribution is -0.194. The first-order chi connectivity index (χ1) is 17.0. The minimum atomic E-state index is -0.388. The first-order valence-corrected chi connectivity index (χ1v) is 12.4. The van der Waals surface area contributed by atoms with Crippen molar-refractivity contribution < 1.29 is 13.9 Å². The summed E-state index contributed by atoms with van der Waals surface area (Å²) in [6.45, 7) is 0.757. The zero-order valence-corrected chi connectivity index (χ0v) is 20.1. The summed E-state index contributed by atoms with van der Waals surface area (Å²) in [6, 6.07) is 4.29. The van der Waals surface area contributed by atoms with E-state index < -0.39 is 0 Å². The Labute approximate surface area is 205 Å². The number of hydrogen-bond acceptors (Lipinski definition) is 6. The molecule has 1 atom stereocenters. The van der Waals surface area contributed by atoms with Gasteiger partial charge in [0.15, 0.2) is 17.1 Å². The Morgan fingerprint density at radius 2 is 1.97 bits per heavy atom. The number of aryl methyl sites for hydroxylation is 1. The summed E-state index contributed by atoms with van der Waals surface area (Å²) in [7, 11) is 1.67. The summed E-state index contributed by atoms with van der Waals surface area (Å²) in [5.74, 6) is -0.151. The van der Waals surface area contributed by atoms with E-state index in [1.165, 1.54) is 23.0 Å². The predicted molar refractivity (Wildman–Crippen MR) is 128 cm³/mol. The standard InChI is InChI=1S/C24H26ClFN6O3/c1-30-20-21(25)28-23(31-13-27-17-10-5-14(26)12-18(17)31)29-22(20)32(24(30)33)15-6-8-16(9-7-15)35-19-4-2-3-11-34-19/h5,10,12-13,15-16,19H,2-4,6-9,11H2,1H3. The zero-order chi connectivity index (χ0) is 24.1. The van der Waals surface area contributed by atoms with Crippen molar-refractivity contribution in [3.05, 3.63) is 46.0 Å². The van der Waals surface area contributed by atoms with Gasteiger partial charge in [-0.3, -0.25) is 13.7 Å². The molecule has 0 N–H and O–H groups in total. The van der Waals surface area contributed by atoms with Gasteiger partial charge < -0.3 is 9.47 Å². The molecule has 0 bridgehead atoms. The minimum Gasteiger partial charge on any atom is -0.353 e. The number of rotatable bonds is 4. The number of ether oxygens (including phenoxy) is 2. The highest BCUT2D eigenvalue weighted by Crippen LogP contribution is 2.34. The minimum absolute atomic E-state index is 0.0332. The molecule has 6 rings (SSSR count). The smallest absolute Gasteiger partial charge is 0.330 e. The summed E-state index contributed by atoms with van der Waals surface area (Å²) >= 11 is 6.56. The average molecular weight is 501 g/mol. The van der Waals surface area contributed by atoms with Crippen LogP contribution in [0.1, 0.15) is 51.0 Å². The highest BCUT2D eigenvalue weighted by atomic mass is 35.5. The van der Waals surface area contributed by atoms with Gasteiger partial charge in [0.2, 0.25) is 5.95 Å². The molecular weight excluding hydrogens is 475 g/mol.